The number of hydrogen-bond donors (Lipinski definition) is 2. The maximum absolute atomic E-state index is 7.53. The Morgan fingerprint density at radius 1 is 1.46 bits per heavy atom. The molecule has 0 amide bonds. The molecule has 0 unspecified atom stereocenters. The minimum atomic E-state index is 0. The van der Waals surface area contributed by atoms with Gasteiger partial charge in [0.25, 0.3) is 0 Å². The lowest BCUT2D eigenvalue weighted by molar-refractivity contribution is 0.866. The van der Waals surface area contributed by atoms with Crippen LogP contribution in [-0.2, 0) is 0 Å². The summed E-state index contributed by atoms with van der Waals surface area (Å²) < 4.78 is 0. The van der Waals surface area contributed by atoms with Gasteiger partial charge in [0.2, 0.25) is 0 Å². The minimum absolute atomic E-state index is 0. The molecule has 0 aliphatic rings. The van der Waals surface area contributed by atoms with Gasteiger partial charge < -0.3 is 11.1 Å². The zero-order chi connectivity index (χ0) is 10.0. The molecule has 1 rings (SSSR count). The second-order valence-electron chi connectivity index (χ2n) is 3.63. The smallest absolute Gasteiger partial charge is 0.0405 e. The van der Waals surface area contributed by atoms with Crippen molar-refractivity contribution in [2.45, 2.75) is 26.7 Å². The zero-order valence-electron chi connectivity index (χ0n) is 8.39. The molecule has 0 aliphatic carbocycles. The number of hydrogen-bond acceptors (Lipinski definition) is 2. The van der Waals surface area contributed by atoms with E-state index in [4.69, 9.17) is 11.1 Å². The number of nitrogen functional groups attached to an aromatic ring is 1. The summed E-state index contributed by atoms with van der Waals surface area (Å²) in [5.74, 6) is 0.485. The van der Waals surface area contributed by atoms with Crippen LogP contribution in [0.25, 0.3) is 0 Å². The van der Waals surface area contributed by atoms with Crippen LogP contribution in [0.4, 0.5) is 5.69 Å². The predicted octanol–water partition coefficient (Wildman–Crippen LogP) is 3.03. The van der Waals surface area contributed by atoms with E-state index in [1.807, 2.05) is 18.2 Å². The highest BCUT2D eigenvalue weighted by Crippen LogP contribution is 2.20. The number of nitrogens with two attached hydrogens (primary N) is 1. The molecule has 0 aromatic heterocycles. The Hall–Kier alpha value is -1.31. The summed E-state index contributed by atoms with van der Waals surface area (Å²) in [6.45, 7) is 6.03. The topological polar surface area (TPSA) is 49.9 Å². The Bertz CT molecular complexity index is 332. The minimum Gasteiger partial charge on any atom is -0.398 e. The number of rotatable bonds is 2. The number of benzene rings is 1. The maximum atomic E-state index is 7.53. The van der Waals surface area contributed by atoms with Gasteiger partial charge in [0.15, 0.2) is 0 Å². The molecular weight excluding hydrogens is 160 g/mol. The highest BCUT2D eigenvalue weighted by Gasteiger charge is 2.05. The monoisotopic (exact) mass is 178 g/mol. The van der Waals surface area contributed by atoms with Crippen molar-refractivity contribution in [2.75, 3.05) is 5.73 Å². The van der Waals surface area contributed by atoms with Crippen LogP contribution in [0.2, 0.25) is 0 Å². The van der Waals surface area contributed by atoms with Crippen LogP contribution in [0.15, 0.2) is 18.2 Å². The fourth-order valence-electron chi connectivity index (χ4n) is 1.26. The van der Waals surface area contributed by atoms with E-state index in [0.717, 1.165) is 5.56 Å². The molecule has 2 nitrogen and oxygen atoms in total. The summed E-state index contributed by atoms with van der Waals surface area (Å²) in [6.07, 6.45) is 0. The molecule has 0 spiro atoms. The molecule has 0 atom stereocenters. The van der Waals surface area contributed by atoms with E-state index in [0.29, 0.717) is 17.3 Å². The van der Waals surface area contributed by atoms with Crippen LogP contribution in [-0.4, -0.2) is 5.71 Å². The predicted molar refractivity (Wildman–Crippen MR) is 59.6 cm³/mol. The Morgan fingerprint density at radius 3 is 2.54 bits per heavy atom. The van der Waals surface area contributed by atoms with Gasteiger partial charge >= 0.3 is 0 Å². The first-order valence-electron chi connectivity index (χ1n) is 4.47. The molecule has 2 heteroatoms. The maximum Gasteiger partial charge on any atom is 0.0405 e. The van der Waals surface area contributed by atoms with E-state index in [1.165, 1.54) is 5.56 Å². The molecule has 0 saturated carbocycles. The molecule has 1 aromatic rings. The lowest BCUT2D eigenvalue weighted by atomic mass is 9.98. The largest absolute Gasteiger partial charge is 0.398 e. The number of nitrogens with one attached hydrogen (secondary N) is 1. The second kappa shape index (κ2) is 3.60. The summed E-state index contributed by atoms with van der Waals surface area (Å²) in [6, 6.07) is 5.90. The quantitative estimate of drug-likeness (QED) is 0.530. The van der Waals surface area contributed by atoms with Crippen molar-refractivity contribution in [3.8, 4) is 0 Å². The van der Waals surface area contributed by atoms with Gasteiger partial charge in [-0.2, -0.15) is 0 Å². The van der Waals surface area contributed by atoms with E-state index in [1.54, 1.807) is 6.92 Å². The SMILES string of the molecule is CC(=N)c1cc(C(C)C)ccc1N.[HH]. The summed E-state index contributed by atoms with van der Waals surface area (Å²) in [7, 11) is 0. The zero-order valence-corrected chi connectivity index (χ0v) is 8.39. The average molecular weight is 178 g/mol. The lowest BCUT2D eigenvalue weighted by Crippen LogP contribution is -2.01. The van der Waals surface area contributed by atoms with Crippen LogP contribution in [0.5, 0.6) is 0 Å². The molecule has 0 saturated heterocycles. The molecule has 1 aromatic carbocycles. The highest BCUT2D eigenvalue weighted by atomic mass is 14.6. The fourth-order valence-corrected chi connectivity index (χ4v) is 1.26. The first-order valence-corrected chi connectivity index (χ1v) is 4.47. The molecule has 3 N–H and O–H groups in total. The molecule has 0 aliphatic heterocycles. The van der Waals surface area contributed by atoms with Gasteiger partial charge in [-0.25, -0.2) is 0 Å². The Balaban J connectivity index is 0.00000169. The van der Waals surface area contributed by atoms with Crippen LogP contribution >= 0.6 is 0 Å². The summed E-state index contributed by atoms with van der Waals surface area (Å²) in [5, 5.41) is 7.53. The van der Waals surface area contributed by atoms with Gasteiger partial charge in [0.1, 0.15) is 0 Å². The Labute approximate surface area is 80.8 Å². The Morgan fingerprint density at radius 2 is 2.08 bits per heavy atom. The molecular formula is C11H18N2. The van der Waals surface area contributed by atoms with Gasteiger partial charge in [-0.05, 0) is 30.5 Å². The fraction of sp³-hybridized carbons (Fsp3) is 0.364. The van der Waals surface area contributed by atoms with Gasteiger partial charge in [-0.3, -0.25) is 0 Å². The number of anilines is 1. The average Bonchev–Trinajstić information content (AvgIpc) is 2.04. The molecule has 0 fully saturated rings. The van der Waals surface area contributed by atoms with Crippen molar-refractivity contribution in [1.29, 1.82) is 5.41 Å². The molecule has 0 radical (unpaired) electrons. The van der Waals surface area contributed by atoms with Crippen molar-refractivity contribution in [1.82, 2.24) is 0 Å². The van der Waals surface area contributed by atoms with Crippen LogP contribution < -0.4 is 5.73 Å². The van der Waals surface area contributed by atoms with Crippen molar-refractivity contribution in [3.63, 3.8) is 0 Å². The second-order valence-corrected chi connectivity index (χ2v) is 3.63. The first kappa shape index (κ1) is 9.78. The van der Waals surface area contributed by atoms with Gasteiger partial charge in [-0.1, -0.05) is 19.9 Å². The van der Waals surface area contributed by atoms with Crippen LogP contribution in [0, 0.1) is 5.41 Å². The van der Waals surface area contributed by atoms with Gasteiger partial charge in [0.05, 0.1) is 0 Å². The third-order valence-corrected chi connectivity index (χ3v) is 2.15. The summed E-state index contributed by atoms with van der Waals surface area (Å²) >= 11 is 0. The van der Waals surface area contributed by atoms with E-state index >= 15 is 0 Å². The normalized spacial score (nSPS) is 10.5. The molecule has 72 valence electrons. The van der Waals surface area contributed by atoms with E-state index < -0.39 is 0 Å². The van der Waals surface area contributed by atoms with Gasteiger partial charge in [0, 0.05) is 18.4 Å². The van der Waals surface area contributed by atoms with Crippen molar-refractivity contribution >= 4 is 11.4 Å². The van der Waals surface area contributed by atoms with Gasteiger partial charge in [-0.15, -0.1) is 0 Å². The van der Waals surface area contributed by atoms with Crippen LogP contribution in [0.3, 0.4) is 0 Å². The van der Waals surface area contributed by atoms with Crippen LogP contribution in [0.1, 0.15) is 39.2 Å². The molecule has 13 heavy (non-hydrogen) atoms. The van der Waals surface area contributed by atoms with Crippen molar-refractivity contribution in [3.05, 3.63) is 29.3 Å². The van der Waals surface area contributed by atoms with Crippen molar-refractivity contribution in [2.24, 2.45) is 0 Å². The third kappa shape index (κ3) is 2.08. The lowest BCUT2D eigenvalue weighted by Gasteiger charge is -2.09. The van der Waals surface area contributed by atoms with E-state index in [9.17, 15) is 0 Å². The Kier molecular flexibility index (Phi) is 2.71. The summed E-state index contributed by atoms with van der Waals surface area (Å²) in [4.78, 5) is 0. The molecule has 0 heterocycles. The first-order chi connectivity index (χ1) is 6.02. The van der Waals surface area contributed by atoms with E-state index in [-0.39, 0.29) is 1.43 Å². The molecule has 0 bridgehead atoms. The standard InChI is InChI=1S/C11H16N2.H2/c1-7(2)9-4-5-11(13)10(6-9)8(3)12;/h4-7,12H,13H2,1-3H3;1H. The third-order valence-electron chi connectivity index (χ3n) is 2.15. The van der Waals surface area contributed by atoms with Crippen molar-refractivity contribution < 1.29 is 1.43 Å². The summed E-state index contributed by atoms with van der Waals surface area (Å²) in [5.41, 5.74) is 9.05. The highest BCUT2D eigenvalue weighted by molar-refractivity contribution is 6.01. The van der Waals surface area contributed by atoms with E-state index in [2.05, 4.69) is 13.8 Å².